The van der Waals surface area contributed by atoms with Crippen molar-refractivity contribution < 1.29 is 14.6 Å². The average molecular weight is 222 g/mol. The number of nitrogens with zero attached hydrogens (tertiary/aromatic N) is 3. The summed E-state index contributed by atoms with van der Waals surface area (Å²) in [7, 11) is 0. The minimum atomic E-state index is -0.908. The number of hydrogen-bond donors (Lipinski definition) is 1. The second kappa shape index (κ2) is 4.14. The van der Waals surface area contributed by atoms with E-state index in [9.17, 15) is 4.79 Å². The van der Waals surface area contributed by atoms with E-state index in [-0.39, 0.29) is 6.54 Å². The third-order valence-electron chi connectivity index (χ3n) is 1.75. The van der Waals surface area contributed by atoms with Crippen LogP contribution in [0.5, 0.6) is 0 Å². The van der Waals surface area contributed by atoms with Crippen molar-refractivity contribution >= 4 is 17.3 Å². The van der Waals surface area contributed by atoms with Crippen LogP contribution in [-0.4, -0.2) is 21.2 Å². The summed E-state index contributed by atoms with van der Waals surface area (Å²) in [6.07, 6.45) is 4.96. The molecule has 0 amide bonds. The molecular weight excluding hydrogens is 214 g/mol. The maximum atomic E-state index is 10.4. The van der Waals surface area contributed by atoms with Crippen molar-refractivity contribution in [2.45, 2.75) is 6.54 Å². The van der Waals surface area contributed by atoms with Crippen LogP contribution in [0, 0.1) is 0 Å². The predicted octanol–water partition coefficient (Wildman–Crippen LogP) is 0.577. The van der Waals surface area contributed by atoms with Crippen molar-refractivity contribution in [2.24, 2.45) is 0 Å². The summed E-state index contributed by atoms with van der Waals surface area (Å²) in [6, 6.07) is 1.80. The molecule has 0 spiro atoms. The van der Waals surface area contributed by atoms with E-state index in [1.54, 1.807) is 24.7 Å². The number of aromatic nitrogens is 3. The Morgan fingerprint density at radius 2 is 2.47 bits per heavy atom. The van der Waals surface area contributed by atoms with Crippen LogP contribution in [0.25, 0.3) is 10.6 Å². The third-order valence-corrected chi connectivity index (χ3v) is 2.57. The lowest BCUT2D eigenvalue weighted by atomic mass is 10.3. The first kappa shape index (κ1) is 9.72. The standard InChI is InChI=1S/C9H7N3O2S/c13-8(14)6-12-3-1-7(5-11-12)9-10-2-4-15-9/h1-5H,6H2/p+1. The fraction of sp³-hybridized carbons (Fsp3) is 0.111. The highest BCUT2D eigenvalue weighted by Crippen LogP contribution is 2.18. The van der Waals surface area contributed by atoms with Gasteiger partial charge in [-0.15, -0.1) is 11.3 Å². The molecule has 2 aromatic heterocycles. The van der Waals surface area contributed by atoms with Gasteiger partial charge in [0.25, 0.3) is 6.54 Å². The molecule has 1 N–H and O–H groups in total. The molecule has 6 heteroatoms. The highest BCUT2D eigenvalue weighted by atomic mass is 32.1. The molecule has 0 aromatic carbocycles. The van der Waals surface area contributed by atoms with Crippen LogP contribution >= 0.6 is 11.3 Å². The molecule has 5 nitrogen and oxygen atoms in total. The predicted molar refractivity (Wildman–Crippen MR) is 53.2 cm³/mol. The molecular formula is C9H8N3O2S+. The maximum absolute atomic E-state index is 10.4. The molecule has 2 aromatic rings. The van der Waals surface area contributed by atoms with Crippen LogP contribution in [-0.2, 0) is 11.3 Å². The van der Waals surface area contributed by atoms with Gasteiger partial charge in [-0.25, -0.2) is 9.78 Å². The van der Waals surface area contributed by atoms with Crippen molar-refractivity contribution in [1.82, 2.24) is 10.1 Å². The molecule has 15 heavy (non-hydrogen) atoms. The van der Waals surface area contributed by atoms with Crippen molar-refractivity contribution in [3.8, 4) is 10.6 Å². The molecule has 0 bridgehead atoms. The first-order chi connectivity index (χ1) is 7.25. The maximum Gasteiger partial charge on any atom is 0.372 e. The molecule has 0 unspecified atom stereocenters. The number of aliphatic carboxylic acids is 1. The minimum absolute atomic E-state index is 0.127. The summed E-state index contributed by atoms with van der Waals surface area (Å²) in [5.74, 6) is -0.908. The van der Waals surface area contributed by atoms with Crippen LogP contribution in [0.4, 0.5) is 0 Å². The zero-order valence-corrected chi connectivity index (χ0v) is 8.52. The topological polar surface area (TPSA) is 67.0 Å². The Morgan fingerprint density at radius 3 is 3.00 bits per heavy atom. The van der Waals surface area contributed by atoms with Gasteiger partial charge in [0.15, 0.2) is 6.20 Å². The van der Waals surface area contributed by atoms with Crippen molar-refractivity contribution in [2.75, 3.05) is 0 Å². The van der Waals surface area contributed by atoms with Crippen molar-refractivity contribution in [3.63, 3.8) is 0 Å². The normalized spacial score (nSPS) is 10.1. The zero-order valence-electron chi connectivity index (χ0n) is 7.70. The Kier molecular flexibility index (Phi) is 2.68. The Bertz CT molecular complexity index is 453. The molecule has 76 valence electrons. The largest absolute Gasteiger partial charge is 0.476 e. The highest BCUT2D eigenvalue weighted by molar-refractivity contribution is 7.13. The molecule has 2 rings (SSSR count). The second-order valence-electron chi connectivity index (χ2n) is 2.84. The van der Waals surface area contributed by atoms with Gasteiger partial charge in [-0.05, 0) is 5.10 Å². The van der Waals surface area contributed by atoms with Gasteiger partial charge in [0, 0.05) is 23.2 Å². The average Bonchev–Trinajstić information content (AvgIpc) is 2.71. The lowest BCUT2D eigenvalue weighted by Gasteiger charge is -1.92. The van der Waals surface area contributed by atoms with Gasteiger partial charge in [-0.1, -0.05) is 4.68 Å². The van der Waals surface area contributed by atoms with Gasteiger partial charge in [0.1, 0.15) is 11.2 Å². The van der Waals surface area contributed by atoms with E-state index in [0.29, 0.717) is 0 Å². The fourth-order valence-corrected chi connectivity index (χ4v) is 1.74. The first-order valence-electron chi connectivity index (χ1n) is 4.23. The number of rotatable bonds is 3. The summed E-state index contributed by atoms with van der Waals surface area (Å²) in [4.78, 5) is 14.5. The van der Waals surface area contributed by atoms with Gasteiger partial charge >= 0.3 is 5.97 Å². The minimum Gasteiger partial charge on any atom is -0.476 e. The summed E-state index contributed by atoms with van der Waals surface area (Å²) >= 11 is 1.52. The first-order valence-corrected chi connectivity index (χ1v) is 5.11. The Labute approximate surface area is 89.7 Å². The molecule has 0 aliphatic heterocycles. The number of carbonyl (C=O) groups is 1. The molecule has 0 saturated carbocycles. The van der Waals surface area contributed by atoms with Crippen LogP contribution in [0.3, 0.4) is 0 Å². The Balaban J connectivity index is 2.21. The van der Waals surface area contributed by atoms with Crippen molar-refractivity contribution in [1.29, 1.82) is 0 Å². The fourth-order valence-electron chi connectivity index (χ4n) is 1.11. The van der Waals surface area contributed by atoms with E-state index in [4.69, 9.17) is 5.11 Å². The van der Waals surface area contributed by atoms with Crippen LogP contribution in [0.15, 0.2) is 30.0 Å². The summed E-state index contributed by atoms with van der Waals surface area (Å²) in [5, 5.41) is 15.3. The van der Waals surface area contributed by atoms with E-state index in [1.807, 2.05) is 5.38 Å². The Morgan fingerprint density at radius 1 is 1.60 bits per heavy atom. The quantitative estimate of drug-likeness (QED) is 0.771. The van der Waals surface area contributed by atoms with Gasteiger partial charge in [-0.3, -0.25) is 0 Å². The van der Waals surface area contributed by atoms with Gasteiger partial charge in [0.05, 0.1) is 0 Å². The SMILES string of the molecule is O=C(O)C[n+]1ccc(-c2nccs2)cn1. The van der Waals surface area contributed by atoms with Crippen LogP contribution < -0.4 is 4.68 Å². The molecule has 2 heterocycles. The summed E-state index contributed by atoms with van der Waals surface area (Å²) in [6.45, 7) is -0.127. The zero-order chi connectivity index (χ0) is 10.7. The van der Waals surface area contributed by atoms with E-state index in [2.05, 4.69) is 10.1 Å². The number of hydrogen-bond acceptors (Lipinski definition) is 4. The van der Waals surface area contributed by atoms with Gasteiger partial charge in [0.2, 0.25) is 0 Å². The third kappa shape index (κ3) is 2.35. The second-order valence-corrected chi connectivity index (χ2v) is 3.74. The molecule has 0 atom stereocenters. The monoisotopic (exact) mass is 222 g/mol. The number of thiazole rings is 1. The van der Waals surface area contributed by atoms with Crippen LogP contribution in [0.1, 0.15) is 0 Å². The number of carboxylic acids is 1. The highest BCUT2D eigenvalue weighted by Gasteiger charge is 2.09. The lowest BCUT2D eigenvalue weighted by Crippen LogP contribution is -2.40. The molecule has 0 radical (unpaired) electrons. The molecule has 0 aliphatic rings. The molecule has 0 aliphatic carbocycles. The van der Waals surface area contributed by atoms with E-state index in [1.165, 1.54) is 16.0 Å². The van der Waals surface area contributed by atoms with Gasteiger partial charge < -0.3 is 5.11 Å². The number of carboxylic acid groups (broad SMARTS) is 1. The van der Waals surface area contributed by atoms with Gasteiger partial charge in [-0.2, -0.15) is 0 Å². The molecule has 0 fully saturated rings. The van der Waals surface area contributed by atoms with Crippen molar-refractivity contribution in [3.05, 3.63) is 30.0 Å². The summed E-state index contributed by atoms with van der Waals surface area (Å²) < 4.78 is 1.36. The summed E-state index contributed by atoms with van der Waals surface area (Å²) in [5.41, 5.74) is 0.895. The lowest BCUT2D eigenvalue weighted by molar-refractivity contribution is -0.743. The molecule has 0 saturated heterocycles. The van der Waals surface area contributed by atoms with E-state index < -0.39 is 5.97 Å². The van der Waals surface area contributed by atoms with Crippen LogP contribution in [0.2, 0.25) is 0 Å². The Hall–Kier alpha value is -1.82. The smallest absolute Gasteiger partial charge is 0.372 e. The van der Waals surface area contributed by atoms with E-state index in [0.717, 1.165) is 10.6 Å². The van der Waals surface area contributed by atoms with E-state index >= 15 is 0 Å².